The fourth-order valence-corrected chi connectivity index (χ4v) is 2.06. The van der Waals surface area contributed by atoms with Crippen LogP contribution in [0.15, 0.2) is 24.3 Å². The van der Waals surface area contributed by atoms with Crippen molar-refractivity contribution in [1.29, 1.82) is 0 Å². The Morgan fingerprint density at radius 3 is 2.59 bits per heavy atom. The molecule has 1 nitrogen and oxygen atoms in total. The average molecular weight is 254 g/mol. The number of halogens is 1. The highest BCUT2D eigenvalue weighted by Crippen LogP contribution is 2.12. The molecule has 1 aromatic rings. The standard InChI is InChI=1S/C15H24ClN/c1-4-17(10-8-13(2)3)11-9-14-6-5-7-15(16)12-14/h5-7,12-13H,4,8-11H2,1-3H3. The van der Waals surface area contributed by atoms with Crippen molar-refractivity contribution in [1.82, 2.24) is 4.90 Å². The van der Waals surface area contributed by atoms with Crippen LogP contribution in [0.2, 0.25) is 5.02 Å². The maximum absolute atomic E-state index is 5.98. The van der Waals surface area contributed by atoms with Gasteiger partial charge >= 0.3 is 0 Å². The molecule has 0 saturated heterocycles. The fraction of sp³-hybridized carbons (Fsp3) is 0.600. The molecule has 0 radical (unpaired) electrons. The Morgan fingerprint density at radius 2 is 2.00 bits per heavy atom. The molecule has 0 aliphatic rings. The van der Waals surface area contributed by atoms with Gasteiger partial charge in [0.2, 0.25) is 0 Å². The lowest BCUT2D eigenvalue weighted by atomic mass is 10.1. The van der Waals surface area contributed by atoms with Gasteiger partial charge in [-0.15, -0.1) is 0 Å². The van der Waals surface area contributed by atoms with E-state index in [1.54, 1.807) is 0 Å². The fourth-order valence-electron chi connectivity index (χ4n) is 1.85. The quantitative estimate of drug-likeness (QED) is 0.702. The molecular formula is C15H24ClN. The van der Waals surface area contributed by atoms with E-state index in [-0.39, 0.29) is 0 Å². The van der Waals surface area contributed by atoms with E-state index >= 15 is 0 Å². The molecule has 0 aliphatic carbocycles. The second-order valence-electron chi connectivity index (χ2n) is 5.00. The van der Waals surface area contributed by atoms with Crippen LogP contribution in [0, 0.1) is 5.92 Å². The van der Waals surface area contributed by atoms with Gasteiger partial charge in [-0.25, -0.2) is 0 Å². The summed E-state index contributed by atoms with van der Waals surface area (Å²) in [5, 5.41) is 0.840. The predicted molar refractivity (Wildman–Crippen MR) is 76.7 cm³/mol. The molecule has 0 atom stereocenters. The van der Waals surface area contributed by atoms with Crippen molar-refractivity contribution in [3.63, 3.8) is 0 Å². The molecule has 2 heteroatoms. The Balaban J connectivity index is 2.37. The van der Waals surface area contributed by atoms with Crippen LogP contribution in [0.5, 0.6) is 0 Å². The third kappa shape index (κ3) is 6.09. The monoisotopic (exact) mass is 253 g/mol. The summed E-state index contributed by atoms with van der Waals surface area (Å²) >= 11 is 5.98. The molecule has 0 aliphatic heterocycles. The molecule has 0 aromatic heterocycles. The van der Waals surface area contributed by atoms with Gasteiger partial charge in [-0.1, -0.05) is 44.5 Å². The van der Waals surface area contributed by atoms with Crippen molar-refractivity contribution in [2.24, 2.45) is 5.92 Å². The number of benzene rings is 1. The maximum atomic E-state index is 5.98. The second-order valence-corrected chi connectivity index (χ2v) is 5.43. The summed E-state index contributed by atoms with van der Waals surface area (Å²) in [6, 6.07) is 8.18. The maximum Gasteiger partial charge on any atom is 0.0408 e. The van der Waals surface area contributed by atoms with Crippen LogP contribution in [-0.2, 0) is 6.42 Å². The first-order valence-electron chi connectivity index (χ1n) is 6.58. The summed E-state index contributed by atoms with van der Waals surface area (Å²) in [7, 11) is 0. The summed E-state index contributed by atoms with van der Waals surface area (Å²) in [6.45, 7) is 10.3. The highest BCUT2D eigenvalue weighted by atomic mass is 35.5. The van der Waals surface area contributed by atoms with Crippen molar-refractivity contribution >= 4 is 11.6 Å². The third-order valence-electron chi connectivity index (χ3n) is 3.08. The first-order valence-corrected chi connectivity index (χ1v) is 6.96. The van der Waals surface area contributed by atoms with Crippen LogP contribution >= 0.6 is 11.6 Å². The molecule has 0 amide bonds. The lowest BCUT2D eigenvalue weighted by Gasteiger charge is -2.21. The summed E-state index contributed by atoms with van der Waals surface area (Å²) in [5.74, 6) is 0.787. The smallest absolute Gasteiger partial charge is 0.0408 e. The average Bonchev–Trinajstić information content (AvgIpc) is 2.29. The van der Waals surface area contributed by atoms with Crippen LogP contribution in [0.4, 0.5) is 0 Å². The molecule has 0 saturated carbocycles. The van der Waals surface area contributed by atoms with Gasteiger partial charge in [0, 0.05) is 11.6 Å². The summed E-state index contributed by atoms with van der Waals surface area (Å²) in [5.41, 5.74) is 1.33. The van der Waals surface area contributed by atoms with E-state index in [4.69, 9.17) is 11.6 Å². The van der Waals surface area contributed by atoms with Gasteiger partial charge in [0.05, 0.1) is 0 Å². The van der Waals surface area contributed by atoms with Crippen molar-refractivity contribution in [3.05, 3.63) is 34.9 Å². The minimum atomic E-state index is 0.787. The summed E-state index contributed by atoms with van der Waals surface area (Å²) in [6.07, 6.45) is 2.37. The van der Waals surface area contributed by atoms with Crippen molar-refractivity contribution in [2.45, 2.75) is 33.6 Å². The zero-order chi connectivity index (χ0) is 12.7. The van der Waals surface area contributed by atoms with Gasteiger partial charge in [0.15, 0.2) is 0 Å². The number of hydrogen-bond donors (Lipinski definition) is 0. The number of hydrogen-bond acceptors (Lipinski definition) is 1. The van der Waals surface area contributed by atoms with Crippen LogP contribution in [0.1, 0.15) is 32.8 Å². The third-order valence-corrected chi connectivity index (χ3v) is 3.31. The van der Waals surface area contributed by atoms with Crippen molar-refractivity contribution in [2.75, 3.05) is 19.6 Å². The molecule has 0 unspecified atom stereocenters. The Kier molecular flexibility index (Phi) is 6.61. The van der Waals surface area contributed by atoms with E-state index in [1.165, 1.54) is 18.5 Å². The lowest BCUT2D eigenvalue weighted by Crippen LogP contribution is -2.27. The topological polar surface area (TPSA) is 3.24 Å². The van der Waals surface area contributed by atoms with Gasteiger partial charge in [-0.3, -0.25) is 0 Å². The Labute approximate surface area is 111 Å². The molecule has 0 fully saturated rings. The summed E-state index contributed by atoms with van der Waals surface area (Å²) < 4.78 is 0. The number of rotatable bonds is 7. The first-order chi connectivity index (χ1) is 8.11. The molecule has 0 bridgehead atoms. The minimum absolute atomic E-state index is 0.787. The van der Waals surface area contributed by atoms with E-state index in [2.05, 4.69) is 37.8 Å². The SMILES string of the molecule is CCN(CCc1cccc(Cl)c1)CCC(C)C. The van der Waals surface area contributed by atoms with E-state index < -0.39 is 0 Å². The number of likely N-dealkylation sites (N-methyl/N-ethyl adjacent to an activating group) is 1. The zero-order valence-corrected chi connectivity index (χ0v) is 12.0. The van der Waals surface area contributed by atoms with E-state index in [9.17, 15) is 0 Å². The normalized spacial score (nSPS) is 11.4. The largest absolute Gasteiger partial charge is 0.303 e. The molecule has 0 spiro atoms. The van der Waals surface area contributed by atoms with Crippen LogP contribution in [0.25, 0.3) is 0 Å². The van der Waals surface area contributed by atoms with E-state index in [0.29, 0.717) is 0 Å². The molecule has 1 rings (SSSR count). The van der Waals surface area contributed by atoms with Crippen LogP contribution < -0.4 is 0 Å². The van der Waals surface area contributed by atoms with Gasteiger partial charge in [0.1, 0.15) is 0 Å². The predicted octanol–water partition coefficient (Wildman–Crippen LogP) is 4.25. The van der Waals surface area contributed by atoms with Gasteiger partial charge in [-0.2, -0.15) is 0 Å². The first kappa shape index (κ1) is 14.5. The molecular weight excluding hydrogens is 230 g/mol. The Hall–Kier alpha value is -0.530. The second kappa shape index (κ2) is 7.73. The zero-order valence-electron chi connectivity index (χ0n) is 11.2. The Bertz CT molecular complexity index is 322. The van der Waals surface area contributed by atoms with Crippen molar-refractivity contribution in [3.8, 4) is 0 Å². The highest BCUT2D eigenvalue weighted by Gasteiger charge is 2.04. The summed E-state index contributed by atoms with van der Waals surface area (Å²) in [4.78, 5) is 2.51. The number of nitrogens with zero attached hydrogens (tertiary/aromatic N) is 1. The van der Waals surface area contributed by atoms with E-state index in [1.807, 2.05) is 12.1 Å². The van der Waals surface area contributed by atoms with Gasteiger partial charge in [-0.05, 0) is 49.5 Å². The van der Waals surface area contributed by atoms with Gasteiger partial charge < -0.3 is 4.90 Å². The minimum Gasteiger partial charge on any atom is -0.303 e. The molecule has 1 aromatic carbocycles. The molecule has 0 N–H and O–H groups in total. The van der Waals surface area contributed by atoms with Crippen molar-refractivity contribution < 1.29 is 0 Å². The molecule has 0 heterocycles. The van der Waals surface area contributed by atoms with Crippen LogP contribution in [-0.4, -0.2) is 24.5 Å². The molecule has 17 heavy (non-hydrogen) atoms. The van der Waals surface area contributed by atoms with E-state index in [0.717, 1.165) is 30.5 Å². The Morgan fingerprint density at radius 1 is 1.24 bits per heavy atom. The lowest BCUT2D eigenvalue weighted by molar-refractivity contribution is 0.273. The van der Waals surface area contributed by atoms with Crippen LogP contribution in [0.3, 0.4) is 0 Å². The van der Waals surface area contributed by atoms with Gasteiger partial charge in [0.25, 0.3) is 0 Å². The highest BCUT2D eigenvalue weighted by molar-refractivity contribution is 6.30. The molecule has 96 valence electrons.